The molecular formula is C19H14N4OS. The first-order chi connectivity index (χ1) is 12.3. The quantitative estimate of drug-likeness (QED) is 0.566. The van der Waals surface area contributed by atoms with Crippen LogP contribution in [0.1, 0.15) is 4.88 Å². The van der Waals surface area contributed by atoms with Gasteiger partial charge in [-0.25, -0.2) is 9.97 Å². The van der Waals surface area contributed by atoms with Crippen LogP contribution in [0, 0.1) is 0 Å². The molecule has 0 saturated carbocycles. The minimum Gasteiger partial charge on any atom is -0.323 e. The van der Waals surface area contributed by atoms with E-state index in [0.29, 0.717) is 5.78 Å². The summed E-state index contributed by atoms with van der Waals surface area (Å²) in [7, 11) is 0. The van der Waals surface area contributed by atoms with Crippen LogP contribution in [0.4, 0.5) is 5.69 Å². The van der Waals surface area contributed by atoms with Crippen molar-refractivity contribution in [2.24, 2.45) is 0 Å². The molecule has 5 nitrogen and oxygen atoms in total. The fourth-order valence-corrected chi connectivity index (χ4v) is 3.04. The Labute approximate surface area is 148 Å². The van der Waals surface area contributed by atoms with Crippen LogP contribution in [0.25, 0.3) is 23.1 Å². The first-order valence-corrected chi connectivity index (χ1v) is 8.59. The average molecular weight is 346 g/mol. The summed E-state index contributed by atoms with van der Waals surface area (Å²) < 4.78 is 1.88. The van der Waals surface area contributed by atoms with Crippen LogP contribution in [0.2, 0.25) is 0 Å². The van der Waals surface area contributed by atoms with Crippen LogP contribution in [0.5, 0.6) is 0 Å². The summed E-state index contributed by atoms with van der Waals surface area (Å²) in [5.41, 5.74) is 2.55. The molecule has 0 bridgehead atoms. The van der Waals surface area contributed by atoms with Crippen molar-refractivity contribution in [3.63, 3.8) is 0 Å². The van der Waals surface area contributed by atoms with Gasteiger partial charge in [0.1, 0.15) is 0 Å². The zero-order valence-corrected chi connectivity index (χ0v) is 14.0. The molecule has 3 aromatic heterocycles. The number of rotatable bonds is 4. The van der Waals surface area contributed by atoms with Crippen molar-refractivity contribution >= 4 is 34.8 Å². The molecule has 25 heavy (non-hydrogen) atoms. The summed E-state index contributed by atoms with van der Waals surface area (Å²) >= 11 is 1.59. The van der Waals surface area contributed by atoms with Crippen molar-refractivity contribution in [2.75, 3.05) is 5.32 Å². The number of thiophene rings is 1. The van der Waals surface area contributed by atoms with E-state index in [4.69, 9.17) is 0 Å². The lowest BCUT2D eigenvalue weighted by Crippen LogP contribution is -2.07. The van der Waals surface area contributed by atoms with Crippen LogP contribution in [0.3, 0.4) is 0 Å². The Balaban J connectivity index is 1.47. The van der Waals surface area contributed by atoms with Crippen molar-refractivity contribution < 1.29 is 4.79 Å². The van der Waals surface area contributed by atoms with Crippen LogP contribution >= 0.6 is 11.3 Å². The third-order valence-electron chi connectivity index (χ3n) is 3.63. The largest absolute Gasteiger partial charge is 0.323 e. The van der Waals surface area contributed by atoms with Gasteiger partial charge in [0.15, 0.2) is 0 Å². The number of fused-ring (bicyclic) bond motifs is 1. The van der Waals surface area contributed by atoms with E-state index in [2.05, 4.69) is 15.3 Å². The van der Waals surface area contributed by atoms with E-state index in [-0.39, 0.29) is 5.91 Å². The summed E-state index contributed by atoms with van der Waals surface area (Å²) in [5.74, 6) is 0.506. The van der Waals surface area contributed by atoms with Gasteiger partial charge >= 0.3 is 0 Å². The summed E-state index contributed by atoms with van der Waals surface area (Å²) in [5, 5.41) is 4.83. The van der Waals surface area contributed by atoms with E-state index in [9.17, 15) is 4.79 Å². The standard InChI is InChI=1S/C19H14N4OS/c24-18(9-8-16-3-1-12-25-16)21-15-6-4-14(5-7-15)17-13-23-11-2-10-20-19(23)22-17/h1-13H,(H,21,24)/b9-8+. The maximum Gasteiger partial charge on any atom is 0.248 e. The molecule has 6 heteroatoms. The Kier molecular flexibility index (Phi) is 4.10. The molecule has 1 aromatic carbocycles. The third-order valence-corrected chi connectivity index (χ3v) is 4.46. The van der Waals surface area contributed by atoms with Crippen LogP contribution < -0.4 is 5.32 Å². The van der Waals surface area contributed by atoms with Crippen LogP contribution in [-0.4, -0.2) is 20.3 Å². The number of nitrogens with one attached hydrogen (secondary N) is 1. The number of benzene rings is 1. The maximum atomic E-state index is 12.0. The lowest BCUT2D eigenvalue weighted by atomic mass is 10.1. The van der Waals surface area contributed by atoms with Crippen molar-refractivity contribution in [1.29, 1.82) is 0 Å². The molecule has 0 spiro atoms. The number of hydrogen-bond acceptors (Lipinski definition) is 4. The van der Waals surface area contributed by atoms with E-state index in [1.54, 1.807) is 23.6 Å². The molecule has 0 aliphatic heterocycles. The Morgan fingerprint density at radius 3 is 2.80 bits per heavy atom. The molecule has 0 aliphatic rings. The van der Waals surface area contributed by atoms with Crippen LogP contribution in [-0.2, 0) is 4.79 Å². The zero-order valence-electron chi connectivity index (χ0n) is 13.2. The van der Waals surface area contributed by atoms with Gasteiger partial charge in [0, 0.05) is 40.8 Å². The molecule has 0 radical (unpaired) electrons. The number of hydrogen-bond donors (Lipinski definition) is 1. The fraction of sp³-hybridized carbons (Fsp3) is 0. The number of amides is 1. The third kappa shape index (κ3) is 3.49. The molecule has 0 atom stereocenters. The Bertz CT molecular complexity index is 1000. The van der Waals surface area contributed by atoms with E-state index in [1.165, 1.54) is 6.08 Å². The monoisotopic (exact) mass is 346 g/mol. The SMILES string of the molecule is O=C(/C=C/c1cccs1)Nc1ccc(-c2cn3cccnc3n2)cc1. The molecule has 0 unspecified atom stereocenters. The van der Waals surface area contributed by atoms with Crippen molar-refractivity contribution in [3.05, 3.63) is 77.4 Å². The second kappa shape index (κ2) is 6.70. The predicted octanol–water partition coefficient (Wildman–Crippen LogP) is 4.11. The van der Waals surface area contributed by atoms with Gasteiger partial charge in [-0.2, -0.15) is 0 Å². The summed E-state index contributed by atoms with van der Waals surface area (Å²) in [6.07, 6.45) is 8.90. The summed E-state index contributed by atoms with van der Waals surface area (Å²) in [6.45, 7) is 0. The summed E-state index contributed by atoms with van der Waals surface area (Å²) in [6, 6.07) is 13.4. The van der Waals surface area contributed by atoms with Gasteiger partial charge in [0.2, 0.25) is 11.7 Å². The highest BCUT2D eigenvalue weighted by Crippen LogP contribution is 2.21. The molecule has 0 aliphatic carbocycles. The molecule has 122 valence electrons. The Hall–Kier alpha value is -3.25. The zero-order chi connectivity index (χ0) is 17.1. The van der Waals surface area contributed by atoms with Crippen molar-refractivity contribution in [2.45, 2.75) is 0 Å². The fourth-order valence-electron chi connectivity index (χ4n) is 2.42. The van der Waals surface area contributed by atoms with Crippen molar-refractivity contribution in [3.8, 4) is 11.3 Å². The van der Waals surface area contributed by atoms with E-state index < -0.39 is 0 Å². The van der Waals surface area contributed by atoms with E-state index in [1.807, 2.05) is 64.6 Å². The maximum absolute atomic E-state index is 12.0. The molecule has 1 amide bonds. The Morgan fingerprint density at radius 2 is 2.04 bits per heavy atom. The lowest BCUT2D eigenvalue weighted by molar-refractivity contribution is -0.111. The number of imidazole rings is 1. The van der Waals surface area contributed by atoms with Gasteiger partial charge in [-0.05, 0) is 35.7 Å². The topological polar surface area (TPSA) is 59.3 Å². The number of anilines is 1. The highest BCUT2D eigenvalue weighted by molar-refractivity contribution is 7.10. The molecule has 4 rings (SSSR count). The number of nitrogens with zero attached hydrogens (tertiary/aromatic N) is 3. The lowest BCUT2D eigenvalue weighted by Gasteiger charge is -2.03. The summed E-state index contributed by atoms with van der Waals surface area (Å²) in [4.78, 5) is 21.7. The molecule has 0 saturated heterocycles. The number of carbonyl (C=O) groups is 1. The molecular weight excluding hydrogens is 332 g/mol. The molecule has 1 N–H and O–H groups in total. The smallest absolute Gasteiger partial charge is 0.248 e. The van der Waals surface area contributed by atoms with Gasteiger partial charge in [0.05, 0.1) is 5.69 Å². The van der Waals surface area contributed by atoms with Crippen molar-refractivity contribution in [1.82, 2.24) is 14.4 Å². The van der Waals surface area contributed by atoms with Gasteiger partial charge in [-0.3, -0.25) is 9.20 Å². The van der Waals surface area contributed by atoms with Crippen LogP contribution in [0.15, 0.2) is 72.5 Å². The van der Waals surface area contributed by atoms with E-state index >= 15 is 0 Å². The predicted molar refractivity (Wildman–Crippen MR) is 100 cm³/mol. The first-order valence-electron chi connectivity index (χ1n) is 7.71. The molecule has 4 aromatic rings. The highest BCUT2D eigenvalue weighted by atomic mass is 32.1. The minimum absolute atomic E-state index is 0.155. The molecule has 0 fully saturated rings. The van der Waals surface area contributed by atoms with E-state index in [0.717, 1.165) is 21.8 Å². The van der Waals surface area contributed by atoms with Gasteiger partial charge < -0.3 is 5.32 Å². The van der Waals surface area contributed by atoms with Gasteiger partial charge in [0.25, 0.3) is 0 Å². The van der Waals surface area contributed by atoms with Gasteiger partial charge in [-0.1, -0.05) is 18.2 Å². The second-order valence-electron chi connectivity index (χ2n) is 5.37. The number of aromatic nitrogens is 3. The number of carbonyl (C=O) groups excluding carboxylic acids is 1. The second-order valence-corrected chi connectivity index (χ2v) is 6.35. The molecule has 3 heterocycles. The average Bonchev–Trinajstić information content (AvgIpc) is 3.30. The minimum atomic E-state index is -0.155. The van der Waals surface area contributed by atoms with Gasteiger partial charge in [-0.15, -0.1) is 11.3 Å². The highest BCUT2D eigenvalue weighted by Gasteiger charge is 2.05. The normalized spacial score (nSPS) is 11.2. The first kappa shape index (κ1) is 15.3. The Morgan fingerprint density at radius 1 is 1.16 bits per heavy atom.